The van der Waals surface area contributed by atoms with Crippen molar-refractivity contribution in [2.45, 2.75) is 19.9 Å². The Hall–Kier alpha value is -0.810. The Balaban J connectivity index is 1.97. The van der Waals surface area contributed by atoms with Gasteiger partial charge in [0.15, 0.2) is 0 Å². The van der Waals surface area contributed by atoms with Gasteiger partial charge in [0.25, 0.3) is 5.91 Å². The highest BCUT2D eigenvalue weighted by molar-refractivity contribution is 6.36. The molecule has 1 aromatic rings. The lowest BCUT2D eigenvalue weighted by molar-refractivity contribution is 0.00673. The van der Waals surface area contributed by atoms with Gasteiger partial charge in [-0.2, -0.15) is 0 Å². The van der Waals surface area contributed by atoms with Crippen molar-refractivity contribution in [1.82, 2.24) is 10.2 Å². The molecule has 122 valence electrons. The Morgan fingerprint density at radius 3 is 2.59 bits per heavy atom. The van der Waals surface area contributed by atoms with Crippen LogP contribution in [0.3, 0.4) is 0 Å². The molecule has 6 heteroatoms. The molecular formula is C16H22Cl2N2O2. The highest BCUT2D eigenvalue weighted by atomic mass is 35.5. The van der Waals surface area contributed by atoms with Crippen molar-refractivity contribution in [3.8, 4) is 0 Å². The van der Waals surface area contributed by atoms with E-state index in [9.17, 15) is 4.79 Å². The summed E-state index contributed by atoms with van der Waals surface area (Å²) in [7, 11) is 0. The zero-order valence-corrected chi connectivity index (χ0v) is 14.5. The highest BCUT2D eigenvalue weighted by Gasteiger charge is 2.24. The van der Waals surface area contributed by atoms with Gasteiger partial charge >= 0.3 is 0 Å². The zero-order chi connectivity index (χ0) is 16.1. The number of amides is 1. The lowest BCUT2D eigenvalue weighted by Crippen LogP contribution is -2.51. The molecule has 1 unspecified atom stereocenters. The predicted molar refractivity (Wildman–Crippen MR) is 89.8 cm³/mol. The first kappa shape index (κ1) is 17.5. The summed E-state index contributed by atoms with van der Waals surface area (Å²) in [6, 6.07) is 5.20. The van der Waals surface area contributed by atoms with Crippen molar-refractivity contribution in [3.05, 3.63) is 33.8 Å². The van der Waals surface area contributed by atoms with Crippen molar-refractivity contribution in [2.75, 3.05) is 32.8 Å². The molecule has 0 spiro atoms. The van der Waals surface area contributed by atoms with E-state index in [1.807, 2.05) is 0 Å². The molecule has 1 amide bonds. The fourth-order valence-corrected chi connectivity index (χ4v) is 3.16. The van der Waals surface area contributed by atoms with Gasteiger partial charge in [-0.25, -0.2) is 0 Å². The lowest BCUT2D eigenvalue weighted by atomic mass is 10.0. The number of benzene rings is 1. The van der Waals surface area contributed by atoms with E-state index in [4.69, 9.17) is 27.9 Å². The van der Waals surface area contributed by atoms with Crippen molar-refractivity contribution < 1.29 is 9.53 Å². The molecule has 2 rings (SSSR count). The zero-order valence-electron chi connectivity index (χ0n) is 12.9. The smallest absolute Gasteiger partial charge is 0.252 e. The molecule has 1 aliphatic rings. The van der Waals surface area contributed by atoms with Gasteiger partial charge in [-0.05, 0) is 24.1 Å². The Bertz CT molecular complexity index is 517. The SMILES string of the molecule is CC(C)C(CNC(=O)c1ccc(Cl)cc1Cl)N1CCOCC1. The van der Waals surface area contributed by atoms with Gasteiger partial charge in [-0.15, -0.1) is 0 Å². The third-order valence-corrected chi connectivity index (χ3v) is 4.48. The molecule has 0 aromatic heterocycles. The van der Waals surface area contributed by atoms with Crippen LogP contribution in [0.1, 0.15) is 24.2 Å². The molecule has 4 nitrogen and oxygen atoms in total. The van der Waals surface area contributed by atoms with Gasteiger partial charge in [0.2, 0.25) is 0 Å². The van der Waals surface area contributed by atoms with Crippen LogP contribution >= 0.6 is 23.2 Å². The second kappa shape index (κ2) is 8.16. The topological polar surface area (TPSA) is 41.6 Å². The first-order valence-electron chi connectivity index (χ1n) is 7.54. The van der Waals surface area contributed by atoms with Gasteiger partial charge in [-0.1, -0.05) is 37.0 Å². The molecule has 0 radical (unpaired) electrons. The van der Waals surface area contributed by atoms with Crippen molar-refractivity contribution in [1.29, 1.82) is 0 Å². The van der Waals surface area contributed by atoms with E-state index < -0.39 is 0 Å². The number of rotatable bonds is 5. The van der Waals surface area contributed by atoms with Crippen LogP contribution in [-0.4, -0.2) is 49.7 Å². The highest BCUT2D eigenvalue weighted by Crippen LogP contribution is 2.21. The van der Waals surface area contributed by atoms with E-state index in [1.165, 1.54) is 0 Å². The molecule has 1 atom stereocenters. The van der Waals surface area contributed by atoms with Gasteiger partial charge in [-0.3, -0.25) is 9.69 Å². The minimum atomic E-state index is -0.166. The summed E-state index contributed by atoms with van der Waals surface area (Å²) in [5.41, 5.74) is 0.454. The number of nitrogens with one attached hydrogen (secondary N) is 1. The Kier molecular flexibility index (Phi) is 6.50. The van der Waals surface area contributed by atoms with Crippen molar-refractivity contribution >= 4 is 29.1 Å². The molecule has 22 heavy (non-hydrogen) atoms. The number of hydrogen-bond acceptors (Lipinski definition) is 3. The van der Waals surface area contributed by atoms with E-state index in [2.05, 4.69) is 24.1 Å². The summed E-state index contributed by atoms with van der Waals surface area (Å²) >= 11 is 11.9. The van der Waals surface area contributed by atoms with Crippen molar-refractivity contribution in [3.63, 3.8) is 0 Å². The van der Waals surface area contributed by atoms with Crippen LogP contribution in [0.15, 0.2) is 18.2 Å². The largest absolute Gasteiger partial charge is 0.379 e. The van der Waals surface area contributed by atoms with Crippen LogP contribution in [0.4, 0.5) is 0 Å². The maximum absolute atomic E-state index is 12.3. The number of carbonyl (C=O) groups excluding carboxylic acids is 1. The van der Waals surface area contributed by atoms with Gasteiger partial charge in [0.1, 0.15) is 0 Å². The number of nitrogens with zero attached hydrogens (tertiary/aromatic N) is 1. The Labute approximate surface area is 141 Å². The summed E-state index contributed by atoms with van der Waals surface area (Å²) < 4.78 is 5.39. The first-order chi connectivity index (χ1) is 10.5. The van der Waals surface area contributed by atoms with E-state index in [1.54, 1.807) is 18.2 Å². The fourth-order valence-electron chi connectivity index (χ4n) is 2.66. The normalized spacial score (nSPS) is 17.5. The van der Waals surface area contributed by atoms with E-state index in [0.29, 0.717) is 34.1 Å². The molecule has 0 bridgehead atoms. The van der Waals surface area contributed by atoms with Crippen LogP contribution in [0.25, 0.3) is 0 Å². The average Bonchev–Trinajstić information content (AvgIpc) is 2.48. The molecule has 0 aliphatic carbocycles. The molecule has 1 saturated heterocycles. The number of morpholine rings is 1. The lowest BCUT2D eigenvalue weighted by Gasteiger charge is -2.36. The van der Waals surface area contributed by atoms with Crippen LogP contribution in [0, 0.1) is 5.92 Å². The molecule has 1 N–H and O–H groups in total. The maximum atomic E-state index is 12.3. The number of ether oxygens (including phenoxy) is 1. The molecule has 1 aliphatic heterocycles. The van der Waals surface area contributed by atoms with Crippen molar-refractivity contribution in [2.24, 2.45) is 5.92 Å². The van der Waals surface area contributed by atoms with Crippen LogP contribution < -0.4 is 5.32 Å². The Morgan fingerprint density at radius 1 is 1.32 bits per heavy atom. The molecule has 0 saturated carbocycles. The van der Waals surface area contributed by atoms with Crippen LogP contribution in [-0.2, 0) is 4.74 Å². The molecule has 1 fully saturated rings. The molecular weight excluding hydrogens is 323 g/mol. The van der Waals surface area contributed by atoms with Crippen LogP contribution in [0.2, 0.25) is 10.0 Å². The van der Waals surface area contributed by atoms with Gasteiger partial charge in [0.05, 0.1) is 23.8 Å². The van der Waals surface area contributed by atoms with E-state index >= 15 is 0 Å². The summed E-state index contributed by atoms with van der Waals surface area (Å²) in [5.74, 6) is 0.277. The quantitative estimate of drug-likeness (QED) is 0.892. The molecule has 1 heterocycles. The summed E-state index contributed by atoms with van der Waals surface area (Å²) in [6.45, 7) is 8.24. The summed E-state index contributed by atoms with van der Waals surface area (Å²) in [5, 5.41) is 3.88. The predicted octanol–water partition coefficient (Wildman–Crippen LogP) is 3.08. The number of hydrogen-bond donors (Lipinski definition) is 1. The summed E-state index contributed by atoms with van der Waals surface area (Å²) in [4.78, 5) is 14.7. The second-order valence-electron chi connectivity index (χ2n) is 5.79. The Morgan fingerprint density at radius 2 is 2.00 bits per heavy atom. The van der Waals surface area contributed by atoms with Gasteiger partial charge in [0, 0.05) is 30.7 Å². The standard InChI is InChI=1S/C16H22Cl2N2O2/c1-11(2)15(20-5-7-22-8-6-20)10-19-16(21)13-4-3-12(17)9-14(13)18/h3-4,9,11,15H,5-8,10H2,1-2H3,(H,19,21). The average molecular weight is 345 g/mol. The second-order valence-corrected chi connectivity index (χ2v) is 6.64. The third kappa shape index (κ3) is 4.59. The molecule has 1 aromatic carbocycles. The summed E-state index contributed by atoms with van der Waals surface area (Å²) in [6.07, 6.45) is 0. The van der Waals surface area contributed by atoms with E-state index in [-0.39, 0.29) is 5.91 Å². The van der Waals surface area contributed by atoms with Gasteiger partial charge < -0.3 is 10.1 Å². The monoisotopic (exact) mass is 344 g/mol. The fraction of sp³-hybridized carbons (Fsp3) is 0.562. The van der Waals surface area contributed by atoms with Crippen LogP contribution in [0.5, 0.6) is 0 Å². The third-order valence-electron chi connectivity index (χ3n) is 3.93. The minimum Gasteiger partial charge on any atom is -0.379 e. The first-order valence-corrected chi connectivity index (χ1v) is 8.29. The maximum Gasteiger partial charge on any atom is 0.252 e. The number of halogens is 2. The van der Waals surface area contributed by atoms with E-state index in [0.717, 1.165) is 26.3 Å². The number of carbonyl (C=O) groups is 1. The minimum absolute atomic E-state index is 0.166.